The van der Waals surface area contributed by atoms with Gasteiger partial charge in [0.15, 0.2) is 0 Å². The Morgan fingerprint density at radius 1 is 1.64 bits per heavy atom. The van der Waals surface area contributed by atoms with Gasteiger partial charge in [0, 0.05) is 40.4 Å². The van der Waals surface area contributed by atoms with Crippen molar-refractivity contribution in [3.8, 4) is 0 Å². The number of nitrogens with zero attached hydrogens (tertiary/aromatic N) is 1. The standard InChI is InChI=1S/C9H16N2OS2/c1-7(14(3)12)6-11-8(2)9-10-4-5-13-9/h4-5,7-8,11H,6H2,1-3H3. The van der Waals surface area contributed by atoms with E-state index in [0.29, 0.717) is 0 Å². The van der Waals surface area contributed by atoms with Crippen molar-refractivity contribution in [3.05, 3.63) is 16.6 Å². The molecule has 0 aliphatic heterocycles. The Hall–Kier alpha value is -0.260. The van der Waals surface area contributed by atoms with E-state index in [1.165, 1.54) is 0 Å². The minimum absolute atomic E-state index is 0.192. The van der Waals surface area contributed by atoms with Crippen molar-refractivity contribution in [3.63, 3.8) is 0 Å². The highest BCUT2D eigenvalue weighted by Gasteiger charge is 2.10. The van der Waals surface area contributed by atoms with E-state index in [9.17, 15) is 4.21 Å². The van der Waals surface area contributed by atoms with Crippen LogP contribution in [0.4, 0.5) is 0 Å². The van der Waals surface area contributed by atoms with Crippen LogP contribution in [-0.4, -0.2) is 27.2 Å². The largest absolute Gasteiger partial charge is 0.307 e. The van der Waals surface area contributed by atoms with E-state index in [1.807, 2.05) is 12.3 Å². The van der Waals surface area contributed by atoms with E-state index in [0.717, 1.165) is 11.6 Å². The van der Waals surface area contributed by atoms with Gasteiger partial charge in [0.1, 0.15) is 5.01 Å². The average Bonchev–Trinajstić information content (AvgIpc) is 2.66. The zero-order valence-corrected chi connectivity index (χ0v) is 10.3. The van der Waals surface area contributed by atoms with Gasteiger partial charge in [-0.25, -0.2) is 4.98 Å². The lowest BCUT2D eigenvalue weighted by Gasteiger charge is -2.14. The summed E-state index contributed by atoms with van der Waals surface area (Å²) in [6, 6.07) is 0.251. The molecular formula is C9H16N2OS2. The van der Waals surface area contributed by atoms with Gasteiger partial charge in [0.2, 0.25) is 0 Å². The van der Waals surface area contributed by atoms with E-state index in [1.54, 1.807) is 23.8 Å². The molecule has 0 aromatic carbocycles. The van der Waals surface area contributed by atoms with E-state index in [2.05, 4.69) is 17.2 Å². The van der Waals surface area contributed by atoms with Crippen LogP contribution in [-0.2, 0) is 10.8 Å². The molecule has 3 atom stereocenters. The molecule has 1 N–H and O–H groups in total. The van der Waals surface area contributed by atoms with Crippen LogP contribution < -0.4 is 5.32 Å². The zero-order chi connectivity index (χ0) is 10.6. The molecule has 1 aromatic heterocycles. The maximum atomic E-state index is 11.1. The zero-order valence-electron chi connectivity index (χ0n) is 8.69. The van der Waals surface area contributed by atoms with Gasteiger partial charge in [-0.1, -0.05) is 0 Å². The summed E-state index contributed by atoms with van der Waals surface area (Å²) in [4.78, 5) is 4.22. The first-order chi connectivity index (χ1) is 6.61. The summed E-state index contributed by atoms with van der Waals surface area (Å²) in [5.41, 5.74) is 0. The highest BCUT2D eigenvalue weighted by molar-refractivity contribution is 7.84. The van der Waals surface area contributed by atoms with Gasteiger partial charge in [-0.2, -0.15) is 0 Å². The molecule has 0 saturated heterocycles. The number of nitrogens with one attached hydrogen (secondary N) is 1. The summed E-state index contributed by atoms with van der Waals surface area (Å²) in [6.45, 7) is 4.83. The predicted octanol–water partition coefficient (Wildman–Crippen LogP) is 1.56. The van der Waals surface area contributed by atoms with Crippen LogP contribution in [0.5, 0.6) is 0 Å². The number of aromatic nitrogens is 1. The SMILES string of the molecule is CC(NCC(C)S(C)=O)c1nccs1. The summed E-state index contributed by atoms with van der Waals surface area (Å²) in [6.07, 6.45) is 3.54. The van der Waals surface area contributed by atoms with Crippen molar-refractivity contribution >= 4 is 22.1 Å². The minimum Gasteiger partial charge on any atom is -0.307 e. The van der Waals surface area contributed by atoms with Crippen LogP contribution in [0.15, 0.2) is 11.6 Å². The lowest BCUT2D eigenvalue weighted by Crippen LogP contribution is -2.29. The first kappa shape index (κ1) is 11.8. The molecule has 5 heteroatoms. The quantitative estimate of drug-likeness (QED) is 0.837. The first-order valence-corrected chi connectivity index (χ1v) is 7.06. The molecule has 1 rings (SSSR count). The summed E-state index contributed by atoms with van der Waals surface area (Å²) in [5, 5.41) is 6.56. The molecule has 0 amide bonds. The molecule has 0 fully saturated rings. The third-order valence-corrected chi connectivity index (χ3v) is 4.36. The van der Waals surface area contributed by atoms with Crippen LogP contribution in [0.2, 0.25) is 0 Å². The van der Waals surface area contributed by atoms with Crippen LogP contribution >= 0.6 is 11.3 Å². The van der Waals surface area contributed by atoms with Crippen LogP contribution in [0.25, 0.3) is 0 Å². The van der Waals surface area contributed by atoms with Crippen molar-refractivity contribution in [1.29, 1.82) is 0 Å². The van der Waals surface area contributed by atoms with Crippen molar-refractivity contribution in [1.82, 2.24) is 10.3 Å². The lowest BCUT2D eigenvalue weighted by atomic mass is 10.3. The van der Waals surface area contributed by atoms with Crippen LogP contribution in [0.3, 0.4) is 0 Å². The molecule has 0 saturated carbocycles. The van der Waals surface area contributed by atoms with Crippen molar-refractivity contribution in [2.75, 3.05) is 12.8 Å². The van der Waals surface area contributed by atoms with Gasteiger partial charge in [-0.15, -0.1) is 11.3 Å². The lowest BCUT2D eigenvalue weighted by molar-refractivity contribution is 0.566. The number of thiazole rings is 1. The second-order valence-corrected chi connectivity index (χ2v) is 6.04. The Morgan fingerprint density at radius 2 is 2.36 bits per heavy atom. The second-order valence-electron chi connectivity index (χ2n) is 3.31. The molecule has 0 radical (unpaired) electrons. The summed E-state index contributed by atoms with van der Waals surface area (Å²) in [7, 11) is -0.753. The Morgan fingerprint density at radius 3 is 2.86 bits per heavy atom. The smallest absolute Gasteiger partial charge is 0.109 e. The summed E-state index contributed by atoms with van der Waals surface area (Å²) < 4.78 is 11.1. The molecule has 3 nitrogen and oxygen atoms in total. The van der Waals surface area contributed by atoms with Crippen LogP contribution in [0.1, 0.15) is 24.9 Å². The van der Waals surface area contributed by atoms with E-state index in [-0.39, 0.29) is 11.3 Å². The van der Waals surface area contributed by atoms with Gasteiger partial charge in [-0.05, 0) is 13.8 Å². The van der Waals surface area contributed by atoms with E-state index in [4.69, 9.17) is 0 Å². The predicted molar refractivity (Wildman–Crippen MR) is 62.1 cm³/mol. The van der Waals surface area contributed by atoms with Gasteiger partial charge in [-0.3, -0.25) is 4.21 Å². The molecule has 1 aromatic rings. The number of hydrogen-bond acceptors (Lipinski definition) is 4. The molecule has 3 unspecified atom stereocenters. The molecule has 0 aliphatic carbocycles. The molecule has 0 spiro atoms. The van der Waals surface area contributed by atoms with E-state index < -0.39 is 10.8 Å². The Kier molecular flexibility index (Phi) is 4.71. The highest BCUT2D eigenvalue weighted by atomic mass is 32.2. The third-order valence-electron chi connectivity index (χ3n) is 2.10. The highest BCUT2D eigenvalue weighted by Crippen LogP contribution is 2.14. The maximum Gasteiger partial charge on any atom is 0.109 e. The van der Waals surface area contributed by atoms with E-state index >= 15 is 0 Å². The fourth-order valence-electron chi connectivity index (χ4n) is 0.996. The number of hydrogen-bond donors (Lipinski definition) is 1. The van der Waals surface area contributed by atoms with Crippen molar-refractivity contribution < 1.29 is 4.21 Å². The molecule has 0 aliphatic rings. The fraction of sp³-hybridized carbons (Fsp3) is 0.667. The fourth-order valence-corrected chi connectivity index (χ4v) is 2.00. The van der Waals surface area contributed by atoms with Crippen molar-refractivity contribution in [2.24, 2.45) is 0 Å². The second kappa shape index (κ2) is 5.58. The van der Waals surface area contributed by atoms with Gasteiger partial charge < -0.3 is 5.32 Å². The Balaban J connectivity index is 2.35. The Labute approximate surface area is 91.4 Å². The molecule has 80 valence electrons. The first-order valence-electron chi connectivity index (χ1n) is 4.56. The number of rotatable bonds is 5. The molecule has 14 heavy (non-hydrogen) atoms. The normalized spacial score (nSPS) is 17.6. The van der Waals surface area contributed by atoms with Gasteiger partial charge >= 0.3 is 0 Å². The Bertz CT molecular complexity index is 287. The average molecular weight is 232 g/mol. The van der Waals surface area contributed by atoms with Crippen LogP contribution in [0, 0.1) is 0 Å². The summed E-state index contributed by atoms with van der Waals surface area (Å²) in [5.74, 6) is 0. The van der Waals surface area contributed by atoms with Crippen molar-refractivity contribution in [2.45, 2.75) is 25.1 Å². The minimum atomic E-state index is -0.753. The third kappa shape index (κ3) is 3.48. The van der Waals surface area contributed by atoms with Gasteiger partial charge in [0.05, 0.1) is 6.04 Å². The molecule has 0 bridgehead atoms. The molecular weight excluding hydrogens is 216 g/mol. The maximum absolute atomic E-state index is 11.1. The topological polar surface area (TPSA) is 42.0 Å². The molecule has 1 heterocycles. The van der Waals surface area contributed by atoms with Gasteiger partial charge in [0.25, 0.3) is 0 Å². The monoisotopic (exact) mass is 232 g/mol. The summed E-state index contributed by atoms with van der Waals surface area (Å²) >= 11 is 1.64.